The first-order chi connectivity index (χ1) is 4.86. The molecule has 2 atom stereocenters. The molecule has 58 valence electrons. The molecule has 0 aromatic heterocycles. The van der Waals surface area contributed by atoms with Crippen LogP contribution in [0.4, 0.5) is 0 Å². The van der Waals surface area contributed by atoms with Crippen molar-refractivity contribution >= 4 is 0 Å². The highest BCUT2D eigenvalue weighted by Crippen LogP contribution is 2.16. The molecule has 3 heteroatoms. The summed E-state index contributed by atoms with van der Waals surface area (Å²) in [6.07, 6.45) is 0.813. The van der Waals surface area contributed by atoms with Crippen molar-refractivity contribution < 1.29 is 9.47 Å². The Labute approximate surface area is 60.9 Å². The molecule has 0 bridgehead atoms. The number of rotatable bonds is 2. The number of nitrogens with zero attached hydrogens (tertiary/aromatic N) is 1. The van der Waals surface area contributed by atoms with Crippen molar-refractivity contribution in [3.8, 4) is 0 Å². The monoisotopic (exact) mass is 143 g/mol. The highest BCUT2D eigenvalue weighted by molar-refractivity contribution is 4.77. The maximum Gasteiger partial charge on any atom is 0.107 e. The van der Waals surface area contributed by atoms with E-state index < -0.39 is 0 Å². The first kappa shape index (κ1) is 6.58. The lowest BCUT2D eigenvalue weighted by molar-refractivity contribution is 0.0465. The zero-order chi connectivity index (χ0) is 6.97. The number of ether oxygens (including phenoxy) is 2. The summed E-state index contributed by atoms with van der Waals surface area (Å²) in [5.74, 6) is 0. The average molecular weight is 143 g/mol. The smallest absolute Gasteiger partial charge is 0.107 e. The quantitative estimate of drug-likeness (QED) is 0.511. The minimum Gasteiger partial charge on any atom is -0.372 e. The average Bonchev–Trinajstić information content (AvgIpc) is 2.62. The second-order valence-electron chi connectivity index (χ2n) is 2.92. The fraction of sp³-hybridized carbons (Fsp3) is 1.00. The third kappa shape index (κ3) is 1.31. The summed E-state index contributed by atoms with van der Waals surface area (Å²) in [6.45, 7) is 6.05. The van der Waals surface area contributed by atoms with Crippen LogP contribution in [0.3, 0.4) is 0 Å². The molecule has 0 N–H and O–H groups in total. The lowest BCUT2D eigenvalue weighted by Crippen LogP contribution is -2.31. The summed E-state index contributed by atoms with van der Waals surface area (Å²) < 4.78 is 10.5. The van der Waals surface area contributed by atoms with E-state index in [1.807, 2.05) is 0 Å². The van der Waals surface area contributed by atoms with E-state index in [9.17, 15) is 0 Å². The molecule has 2 aliphatic heterocycles. The van der Waals surface area contributed by atoms with Crippen LogP contribution in [-0.2, 0) is 9.47 Å². The van der Waals surface area contributed by atoms with Gasteiger partial charge in [-0.05, 0) is 6.92 Å². The lowest BCUT2D eigenvalue weighted by Gasteiger charge is -2.17. The molecule has 0 saturated carbocycles. The van der Waals surface area contributed by atoms with Crippen molar-refractivity contribution in [1.29, 1.82) is 0 Å². The minimum atomic E-state index is 0.309. The van der Waals surface area contributed by atoms with E-state index in [-0.39, 0.29) is 0 Å². The van der Waals surface area contributed by atoms with Gasteiger partial charge >= 0.3 is 0 Å². The fourth-order valence-electron chi connectivity index (χ4n) is 1.30. The summed E-state index contributed by atoms with van der Waals surface area (Å²) in [5, 5.41) is 0. The molecule has 0 aromatic carbocycles. The van der Waals surface area contributed by atoms with Crippen molar-refractivity contribution in [3.63, 3.8) is 0 Å². The van der Waals surface area contributed by atoms with E-state index in [4.69, 9.17) is 9.47 Å². The van der Waals surface area contributed by atoms with Crippen LogP contribution in [0.25, 0.3) is 0 Å². The van der Waals surface area contributed by atoms with Crippen molar-refractivity contribution in [2.75, 3.05) is 26.3 Å². The van der Waals surface area contributed by atoms with Gasteiger partial charge in [-0.15, -0.1) is 0 Å². The summed E-state index contributed by atoms with van der Waals surface area (Å²) in [5.41, 5.74) is 0. The summed E-state index contributed by atoms with van der Waals surface area (Å²) >= 11 is 0. The SMILES string of the molecule is CC1OCCN1CC1CO1. The zero-order valence-electron chi connectivity index (χ0n) is 6.25. The Bertz CT molecular complexity index is 125. The Hall–Kier alpha value is -0.120. The molecule has 2 saturated heterocycles. The van der Waals surface area contributed by atoms with Gasteiger partial charge in [-0.1, -0.05) is 0 Å². The van der Waals surface area contributed by atoms with Gasteiger partial charge in [-0.2, -0.15) is 0 Å². The molecule has 2 unspecified atom stereocenters. The Morgan fingerprint density at radius 3 is 2.80 bits per heavy atom. The second kappa shape index (κ2) is 2.49. The molecule has 2 fully saturated rings. The molecule has 10 heavy (non-hydrogen) atoms. The van der Waals surface area contributed by atoms with Gasteiger partial charge < -0.3 is 9.47 Å². The predicted molar refractivity (Wildman–Crippen MR) is 36.7 cm³/mol. The summed E-state index contributed by atoms with van der Waals surface area (Å²) in [4.78, 5) is 2.32. The zero-order valence-corrected chi connectivity index (χ0v) is 6.25. The van der Waals surface area contributed by atoms with Crippen LogP contribution in [0, 0.1) is 0 Å². The molecule has 2 heterocycles. The molecule has 3 nitrogen and oxygen atoms in total. The Morgan fingerprint density at radius 1 is 1.50 bits per heavy atom. The highest BCUT2D eigenvalue weighted by atomic mass is 16.6. The summed E-state index contributed by atoms with van der Waals surface area (Å²) in [6, 6.07) is 0. The fourth-order valence-corrected chi connectivity index (χ4v) is 1.30. The maximum absolute atomic E-state index is 5.36. The maximum atomic E-state index is 5.36. The molecular formula is C7H13NO2. The van der Waals surface area contributed by atoms with E-state index in [2.05, 4.69) is 11.8 Å². The van der Waals surface area contributed by atoms with Crippen molar-refractivity contribution in [3.05, 3.63) is 0 Å². The molecule has 0 aliphatic carbocycles. The Kier molecular flexibility index (Phi) is 1.64. The van der Waals surface area contributed by atoms with Gasteiger partial charge in [0, 0.05) is 13.1 Å². The van der Waals surface area contributed by atoms with E-state index in [0.717, 1.165) is 26.3 Å². The van der Waals surface area contributed by atoms with Gasteiger partial charge in [0.1, 0.15) is 6.23 Å². The highest BCUT2D eigenvalue weighted by Gasteiger charge is 2.30. The van der Waals surface area contributed by atoms with Gasteiger partial charge in [-0.3, -0.25) is 4.90 Å². The molecule has 0 radical (unpaired) electrons. The Balaban J connectivity index is 1.79. The third-order valence-electron chi connectivity index (χ3n) is 2.09. The van der Waals surface area contributed by atoms with Gasteiger partial charge in [-0.25, -0.2) is 0 Å². The molecule has 0 spiro atoms. The Morgan fingerprint density at radius 2 is 2.30 bits per heavy atom. The van der Waals surface area contributed by atoms with Crippen molar-refractivity contribution in [1.82, 2.24) is 4.90 Å². The second-order valence-corrected chi connectivity index (χ2v) is 2.92. The van der Waals surface area contributed by atoms with Crippen LogP contribution in [0.15, 0.2) is 0 Å². The number of epoxide rings is 1. The van der Waals surface area contributed by atoms with Crippen molar-refractivity contribution in [2.45, 2.75) is 19.3 Å². The van der Waals surface area contributed by atoms with Crippen LogP contribution in [0.2, 0.25) is 0 Å². The molecule has 0 aromatic rings. The van der Waals surface area contributed by atoms with Gasteiger partial charge in [0.2, 0.25) is 0 Å². The van der Waals surface area contributed by atoms with Gasteiger partial charge in [0.05, 0.1) is 19.3 Å². The normalized spacial score (nSPS) is 40.5. The summed E-state index contributed by atoms with van der Waals surface area (Å²) in [7, 11) is 0. The van der Waals surface area contributed by atoms with E-state index in [0.29, 0.717) is 12.3 Å². The van der Waals surface area contributed by atoms with Crippen LogP contribution in [0.1, 0.15) is 6.92 Å². The predicted octanol–water partition coefficient (Wildman–Crippen LogP) is 0.0634. The van der Waals surface area contributed by atoms with Crippen LogP contribution in [-0.4, -0.2) is 43.5 Å². The number of hydrogen-bond acceptors (Lipinski definition) is 3. The largest absolute Gasteiger partial charge is 0.372 e. The van der Waals surface area contributed by atoms with Crippen LogP contribution >= 0.6 is 0 Å². The van der Waals surface area contributed by atoms with E-state index in [1.54, 1.807) is 0 Å². The minimum absolute atomic E-state index is 0.309. The first-order valence-electron chi connectivity index (χ1n) is 3.83. The van der Waals surface area contributed by atoms with E-state index in [1.165, 1.54) is 0 Å². The third-order valence-corrected chi connectivity index (χ3v) is 2.09. The molecule has 0 amide bonds. The first-order valence-corrected chi connectivity index (χ1v) is 3.83. The van der Waals surface area contributed by atoms with Gasteiger partial charge in [0.25, 0.3) is 0 Å². The molecule has 2 aliphatic rings. The molecule has 2 rings (SSSR count). The molecular weight excluding hydrogens is 130 g/mol. The van der Waals surface area contributed by atoms with Gasteiger partial charge in [0.15, 0.2) is 0 Å². The standard InChI is InChI=1S/C7H13NO2/c1-6-8(2-3-9-6)4-7-5-10-7/h6-7H,2-5H2,1H3. The van der Waals surface area contributed by atoms with Crippen LogP contribution in [0.5, 0.6) is 0 Å². The van der Waals surface area contributed by atoms with E-state index >= 15 is 0 Å². The van der Waals surface area contributed by atoms with Crippen molar-refractivity contribution in [2.24, 2.45) is 0 Å². The lowest BCUT2D eigenvalue weighted by atomic mass is 10.4. The number of hydrogen-bond donors (Lipinski definition) is 0. The topological polar surface area (TPSA) is 25.0 Å². The van der Waals surface area contributed by atoms with Crippen LogP contribution < -0.4 is 0 Å².